The van der Waals surface area contributed by atoms with Gasteiger partial charge in [-0.05, 0) is 48.4 Å². The smallest absolute Gasteiger partial charge is 0.272 e. The summed E-state index contributed by atoms with van der Waals surface area (Å²) in [7, 11) is 1.61. The number of rotatable bonds is 5. The predicted octanol–water partition coefficient (Wildman–Crippen LogP) is 4.40. The van der Waals surface area contributed by atoms with Crippen molar-refractivity contribution in [3.8, 4) is 16.2 Å². The summed E-state index contributed by atoms with van der Waals surface area (Å²) in [5.74, 6) is 0.766. The standard InChI is InChI=1S/C21H17N3O4S/c1-13-15(4-3-5-18(13)24(26)27)11-23-12-22-17-10-19(29-20(17)21(23)25)14-6-8-16(28-2)9-7-14/h3-10,12H,11H2,1-2H3. The lowest BCUT2D eigenvalue weighted by Gasteiger charge is -2.08. The zero-order valence-electron chi connectivity index (χ0n) is 15.8. The van der Waals surface area contributed by atoms with Crippen LogP contribution >= 0.6 is 11.3 Å². The maximum Gasteiger partial charge on any atom is 0.272 e. The second-order valence-electron chi connectivity index (χ2n) is 6.55. The Bertz CT molecular complexity index is 1280. The molecule has 0 atom stereocenters. The van der Waals surface area contributed by atoms with E-state index in [-0.39, 0.29) is 17.8 Å². The molecule has 0 aliphatic carbocycles. The van der Waals surface area contributed by atoms with E-state index in [4.69, 9.17) is 4.74 Å². The van der Waals surface area contributed by atoms with Crippen LogP contribution in [0.2, 0.25) is 0 Å². The van der Waals surface area contributed by atoms with Gasteiger partial charge in [-0.1, -0.05) is 12.1 Å². The zero-order chi connectivity index (χ0) is 20.5. The fourth-order valence-electron chi connectivity index (χ4n) is 3.18. The zero-order valence-corrected chi connectivity index (χ0v) is 16.6. The Kier molecular flexibility index (Phi) is 4.85. The topological polar surface area (TPSA) is 87.3 Å². The molecule has 0 saturated heterocycles. The van der Waals surface area contributed by atoms with Gasteiger partial charge in [0.05, 0.1) is 30.4 Å². The van der Waals surface area contributed by atoms with E-state index in [2.05, 4.69) is 4.98 Å². The van der Waals surface area contributed by atoms with Gasteiger partial charge in [0.1, 0.15) is 10.4 Å². The third-order valence-electron chi connectivity index (χ3n) is 4.83. The quantitative estimate of drug-likeness (QED) is 0.361. The third-order valence-corrected chi connectivity index (χ3v) is 5.99. The molecule has 0 radical (unpaired) electrons. The Balaban J connectivity index is 1.72. The van der Waals surface area contributed by atoms with E-state index in [1.165, 1.54) is 28.3 Å². The van der Waals surface area contributed by atoms with Crippen LogP contribution < -0.4 is 10.3 Å². The first-order chi connectivity index (χ1) is 14.0. The monoisotopic (exact) mass is 407 g/mol. The van der Waals surface area contributed by atoms with E-state index in [1.807, 2.05) is 30.3 Å². The van der Waals surface area contributed by atoms with E-state index >= 15 is 0 Å². The van der Waals surface area contributed by atoms with Gasteiger partial charge in [0, 0.05) is 16.5 Å². The summed E-state index contributed by atoms with van der Waals surface area (Å²) in [5, 5.41) is 11.2. The minimum Gasteiger partial charge on any atom is -0.497 e. The van der Waals surface area contributed by atoms with Gasteiger partial charge in [0.25, 0.3) is 11.2 Å². The van der Waals surface area contributed by atoms with Crippen LogP contribution in [0.1, 0.15) is 11.1 Å². The summed E-state index contributed by atoms with van der Waals surface area (Å²) in [6, 6.07) is 14.4. The molecule has 0 bridgehead atoms. The summed E-state index contributed by atoms with van der Waals surface area (Å²) in [5.41, 5.74) is 2.77. The Morgan fingerprint density at radius 1 is 1.21 bits per heavy atom. The van der Waals surface area contributed by atoms with Crippen molar-refractivity contribution in [2.75, 3.05) is 7.11 Å². The van der Waals surface area contributed by atoms with Crippen molar-refractivity contribution in [2.45, 2.75) is 13.5 Å². The maximum absolute atomic E-state index is 13.0. The lowest BCUT2D eigenvalue weighted by Crippen LogP contribution is -2.20. The Hall–Kier alpha value is -3.52. The van der Waals surface area contributed by atoms with Crippen molar-refractivity contribution in [2.24, 2.45) is 0 Å². The molecule has 0 fully saturated rings. The molecule has 2 aromatic carbocycles. The molecule has 2 heterocycles. The van der Waals surface area contributed by atoms with Gasteiger partial charge < -0.3 is 4.74 Å². The fourth-order valence-corrected chi connectivity index (χ4v) is 4.24. The van der Waals surface area contributed by atoms with Crippen LogP contribution in [0.3, 0.4) is 0 Å². The lowest BCUT2D eigenvalue weighted by atomic mass is 10.1. The lowest BCUT2D eigenvalue weighted by molar-refractivity contribution is -0.385. The molecule has 8 heteroatoms. The van der Waals surface area contributed by atoms with E-state index in [0.717, 1.165) is 21.8 Å². The Labute approximate surface area is 170 Å². The molecular weight excluding hydrogens is 390 g/mol. The van der Waals surface area contributed by atoms with Gasteiger partial charge in [-0.15, -0.1) is 11.3 Å². The van der Waals surface area contributed by atoms with Crippen LogP contribution in [0.5, 0.6) is 5.75 Å². The second kappa shape index (κ2) is 7.48. The molecular formula is C21H17N3O4S. The van der Waals surface area contributed by atoms with E-state index in [1.54, 1.807) is 26.2 Å². The number of aromatic nitrogens is 2. The molecule has 0 amide bonds. The molecule has 4 aromatic rings. The average Bonchev–Trinajstić information content (AvgIpc) is 3.16. The van der Waals surface area contributed by atoms with E-state index < -0.39 is 4.92 Å². The van der Waals surface area contributed by atoms with Gasteiger partial charge in [-0.25, -0.2) is 4.98 Å². The first-order valence-corrected chi connectivity index (χ1v) is 9.66. The predicted molar refractivity (Wildman–Crippen MR) is 113 cm³/mol. The fraction of sp³-hybridized carbons (Fsp3) is 0.143. The number of benzene rings is 2. The number of nitro groups is 1. The molecule has 0 aliphatic rings. The summed E-state index contributed by atoms with van der Waals surface area (Å²) in [6.07, 6.45) is 1.49. The first-order valence-electron chi connectivity index (χ1n) is 8.84. The average molecular weight is 407 g/mol. The first kappa shape index (κ1) is 18.8. The minimum absolute atomic E-state index is 0.0440. The van der Waals surface area contributed by atoms with Crippen molar-refractivity contribution in [3.05, 3.63) is 86.5 Å². The highest BCUT2D eigenvalue weighted by Crippen LogP contribution is 2.32. The van der Waals surface area contributed by atoms with Gasteiger partial charge >= 0.3 is 0 Å². The van der Waals surface area contributed by atoms with Crippen LogP contribution in [0.25, 0.3) is 20.7 Å². The SMILES string of the molecule is COc1ccc(-c2cc3ncn(Cc4cccc([N+](=O)[O-])c4C)c(=O)c3s2)cc1. The highest BCUT2D eigenvalue weighted by molar-refractivity contribution is 7.22. The highest BCUT2D eigenvalue weighted by Gasteiger charge is 2.15. The molecule has 2 aromatic heterocycles. The van der Waals surface area contributed by atoms with Gasteiger partial charge in [-0.3, -0.25) is 19.5 Å². The number of fused-ring (bicyclic) bond motifs is 1. The largest absolute Gasteiger partial charge is 0.497 e. The van der Waals surface area contributed by atoms with Crippen molar-refractivity contribution in [3.63, 3.8) is 0 Å². The van der Waals surface area contributed by atoms with Crippen molar-refractivity contribution in [1.82, 2.24) is 9.55 Å². The third kappa shape index (κ3) is 3.50. The molecule has 4 rings (SSSR count). The number of thiophene rings is 1. The van der Waals surface area contributed by atoms with Crippen LogP contribution in [0.15, 0.2) is 59.7 Å². The summed E-state index contributed by atoms with van der Waals surface area (Å²) < 4.78 is 7.23. The van der Waals surface area contributed by atoms with Crippen LogP contribution in [0.4, 0.5) is 5.69 Å². The summed E-state index contributed by atoms with van der Waals surface area (Å²) in [4.78, 5) is 29.1. The van der Waals surface area contributed by atoms with Crippen molar-refractivity contribution < 1.29 is 9.66 Å². The number of nitro benzene ring substituents is 1. The molecule has 0 unspecified atom stereocenters. The molecule has 0 aliphatic heterocycles. The summed E-state index contributed by atoms with van der Waals surface area (Å²) in [6.45, 7) is 1.92. The molecule has 0 saturated carbocycles. The molecule has 0 spiro atoms. The Morgan fingerprint density at radius 3 is 2.66 bits per heavy atom. The van der Waals surface area contributed by atoms with Crippen LogP contribution in [0, 0.1) is 17.0 Å². The second-order valence-corrected chi connectivity index (χ2v) is 7.60. The number of ether oxygens (including phenoxy) is 1. The van der Waals surface area contributed by atoms with Crippen molar-refractivity contribution >= 4 is 27.2 Å². The van der Waals surface area contributed by atoms with Crippen molar-refractivity contribution in [1.29, 1.82) is 0 Å². The van der Waals surface area contributed by atoms with E-state index in [9.17, 15) is 14.9 Å². The van der Waals surface area contributed by atoms with E-state index in [0.29, 0.717) is 15.8 Å². The molecule has 29 heavy (non-hydrogen) atoms. The molecule has 146 valence electrons. The number of methoxy groups -OCH3 is 1. The maximum atomic E-state index is 13.0. The van der Waals surface area contributed by atoms with Crippen LogP contribution in [-0.2, 0) is 6.54 Å². The normalized spacial score (nSPS) is 11.0. The van der Waals surface area contributed by atoms with Gasteiger partial charge in [0.2, 0.25) is 0 Å². The minimum atomic E-state index is -0.413. The van der Waals surface area contributed by atoms with Gasteiger partial charge in [0.15, 0.2) is 0 Å². The Morgan fingerprint density at radius 2 is 1.97 bits per heavy atom. The number of hydrogen-bond donors (Lipinski definition) is 0. The van der Waals surface area contributed by atoms with Gasteiger partial charge in [-0.2, -0.15) is 0 Å². The van der Waals surface area contributed by atoms with Crippen LogP contribution in [-0.4, -0.2) is 21.6 Å². The molecule has 7 nitrogen and oxygen atoms in total. The number of hydrogen-bond acceptors (Lipinski definition) is 6. The molecule has 0 N–H and O–H groups in total. The number of nitrogens with zero attached hydrogens (tertiary/aromatic N) is 3. The summed E-state index contributed by atoms with van der Waals surface area (Å²) >= 11 is 1.38. The highest BCUT2D eigenvalue weighted by atomic mass is 32.1.